The normalized spacial score (nSPS) is 15.9. The van der Waals surface area contributed by atoms with E-state index in [1.165, 1.54) is 31.1 Å². The zero-order valence-corrected chi connectivity index (χ0v) is 18.8. The van der Waals surface area contributed by atoms with Gasteiger partial charge in [-0.1, -0.05) is 18.2 Å². The minimum absolute atomic E-state index is 0.156. The van der Waals surface area contributed by atoms with Gasteiger partial charge in [-0.3, -0.25) is 4.79 Å². The van der Waals surface area contributed by atoms with Crippen molar-refractivity contribution in [1.82, 2.24) is 9.21 Å². The van der Waals surface area contributed by atoms with Crippen molar-refractivity contribution in [3.63, 3.8) is 0 Å². The van der Waals surface area contributed by atoms with Crippen molar-refractivity contribution in [1.29, 1.82) is 0 Å². The van der Waals surface area contributed by atoms with E-state index >= 15 is 0 Å². The van der Waals surface area contributed by atoms with E-state index in [-0.39, 0.29) is 17.3 Å². The summed E-state index contributed by atoms with van der Waals surface area (Å²) in [4.78, 5) is 15.9. The molecule has 0 radical (unpaired) electrons. The molecule has 8 nitrogen and oxygen atoms in total. The van der Waals surface area contributed by atoms with Gasteiger partial charge in [-0.25, -0.2) is 12.7 Å². The molecule has 2 aromatic carbocycles. The van der Waals surface area contributed by atoms with Crippen LogP contribution in [0.4, 0.5) is 11.4 Å². The highest BCUT2D eigenvalue weighted by Gasteiger charge is 2.33. The smallest absolute Gasteiger partial charge is 0.265 e. The van der Waals surface area contributed by atoms with E-state index in [9.17, 15) is 13.2 Å². The van der Waals surface area contributed by atoms with Gasteiger partial charge in [-0.2, -0.15) is 0 Å². The molecule has 0 bridgehead atoms. The van der Waals surface area contributed by atoms with Crippen molar-refractivity contribution in [3.8, 4) is 5.75 Å². The summed E-state index contributed by atoms with van der Waals surface area (Å²) >= 11 is 5.60. The summed E-state index contributed by atoms with van der Waals surface area (Å²) in [6.45, 7) is 0.232. The SMILES string of the molecule is CN(C)C(=O)C1CN(C(=S)Nc2cccc(S(=O)(=O)N(C)C)c2)c2ccccc2O1. The average Bonchev–Trinajstić information content (AvgIpc) is 2.72. The third-order valence-corrected chi connectivity index (χ3v) is 6.73. The van der Waals surface area contributed by atoms with Crippen LogP contribution >= 0.6 is 12.2 Å². The molecule has 1 heterocycles. The number of thiocarbonyl (C=S) groups is 1. The lowest BCUT2D eigenvalue weighted by Crippen LogP contribution is -2.51. The standard InChI is InChI=1S/C20H24N4O4S2/c1-22(2)19(25)18-13-24(16-10-5-6-11-17(16)28-18)20(29)21-14-8-7-9-15(12-14)30(26,27)23(3)4/h5-12,18H,13H2,1-4H3,(H,21,29). The van der Waals surface area contributed by atoms with E-state index in [4.69, 9.17) is 17.0 Å². The lowest BCUT2D eigenvalue weighted by atomic mass is 10.2. The molecule has 30 heavy (non-hydrogen) atoms. The number of ether oxygens (including phenoxy) is 1. The molecule has 1 atom stereocenters. The van der Waals surface area contributed by atoms with E-state index in [1.807, 2.05) is 18.2 Å². The summed E-state index contributed by atoms with van der Waals surface area (Å²) in [7, 11) is 2.73. The molecular weight excluding hydrogens is 424 g/mol. The van der Waals surface area contributed by atoms with Crippen LogP contribution in [0.2, 0.25) is 0 Å². The van der Waals surface area contributed by atoms with Gasteiger partial charge in [0.15, 0.2) is 11.2 Å². The number of fused-ring (bicyclic) bond motifs is 1. The van der Waals surface area contributed by atoms with Crippen molar-refractivity contribution in [2.45, 2.75) is 11.0 Å². The maximum Gasteiger partial charge on any atom is 0.265 e. The second kappa shape index (κ2) is 8.58. The van der Waals surface area contributed by atoms with Crippen molar-refractivity contribution < 1.29 is 17.9 Å². The Balaban J connectivity index is 1.88. The van der Waals surface area contributed by atoms with Crippen molar-refractivity contribution in [3.05, 3.63) is 48.5 Å². The van der Waals surface area contributed by atoms with Gasteiger partial charge in [0.1, 0.15) is 5.75 Å². The molecule has 1 N–H and O–H groups in total. The number of para-hydroxylation sites is 2. The van der Waals surface area contributed by atoms with Gasteiger partial charge in [-0.15, -0.1) is 0 Å². The van der Waals surface area contributed by atoms with Gasteiger partial charge in [-0.05, 0) is 42.5 Å². The first kappa shape index (κ1) is 22.0. The van der Waals surface area contributed by atoms with Crippen molar-refractivity contribution in [2.75, 3.05) is 45.0 Å². The summed E-state index contributed by atoms with van der Waals surface area (Å²) in [6, 6.07) is 13.7. The largest absolute Gasteiger partial charge is 0.476 e. The molecule has 3 rings (SSSR count). The lowest BCUT2D eigenvalue weighted by Gasteiger charge is -2.36. The molecule has 0 aliphatic carbocycles. The molecule has 0 aromatic heterocycles. The fraction of sp³-hybridized carbons (Fsp3) is 0.300. The van der Waals surface area contributed by atoms with E-state index in [0.29, 0.717) is 16.5 Å². The van der Waals surface area contributed by atoms with Gasteiger partial charge in [0.05, 0.1) is 17.1 Å². The van der Waals surface area contributed by atoms with Crippen LogP contribution in [0.25, 0.3) is 0 Å². The molecule has 10 heteroatoms. The van der Waals surface area contributed by atoms with E-state index < -0.39 is 16.1 Å². The Morgan fingerprint density at radius 3 is 2.50 bits per heavy atom. The Bertz CT molecular complexity index is 1070. The minimum atomic E-state index is -3.57. The van der Waals surface area contributed by atoms with E-state index in [0.717, 1.165) is 9.99 Å². The summed E-state index contributed by atoms with van der Waals surface area (Å²) in [5.74, 6) is 0.383. The molecular formula is C20H24N4O4S2. The van der Waals surface area contributed by atoms with Crippen molar-refractivity contribution >= 4 is 44.6 Å². The number of amides is 1. The second-order valence-corrected chi connectivity index (χ2v) is 9.70. The Labute approximate surface area is 182 Å². The number of nitrogens with one attached hydrogen (secondary N) is 1. The highest BCUT2D eigenvalue weighted by Crippen LogP contribution is 2.34. The van der Waals surface area contributed by atoms with Crippen LogP contribution in [0.15, 0.2) is 53.4 Å². The molecule has 0 saturated heterocycles. The maximum atomic E-state index is 12.5. The van der Waals surface area contributed by atoms with Gasteiger partial charge >= 0.3 is 0 Å². The zero-order valence-electron chi connectivity index (χ0n) is 17.2. The van der Waals surface area contributed by atoms with Crippen LogP contribution < -0.4 is 15.0 Å². The number of hydrogen-bond acceptors (Lipinski definition) is 5. The highest BCUT2D eigenvalue weighted by atomic mass is 32.2. The molecule has 2 aromatic rings. The van der Waals surface area contributed by atoms with Gasteiger partial charge in [0.25, 0.3) is 5.91 Å². The average molecular weight is 449 g/mol. The fourth-order valence-corrected chi connectivity index (χ4v) is 4.22. The van der Waals surface area contributed by atoms with Crippen LogP contribution in [0, 0.1) is 0 Å². The number of rotatable bonds is 4. The molecule has 0 spiro atoms. The Kier molecular flexibility index (Phi) is 6.30. The molecule has 1 aliphatic rings. The minimum Gasteiger partial charge on any atom is -0.476 e. The van der Waals surface area contributed by atoms with Crippen LogP contribution in [0.5, 0.6) is 5.75 Å². The predicted octanol–water partition coefficient (Wildman–Crippen LogP) is 1.99. The topological polar surface area (TPSA) is 82.2 Å². The first-order valence-corrected chi connectivity index (χ1v) is 11.0. The second-order valence-electron chi connectivity index (χ2n) is 7.16. The third-order valence-electron chi connectivity index (χ3n) is 4.60. The van der Waals surface area contributed by atoms with E-state index in [2.05, 4.69) is 5.32 Å². The number of likely N-dealkylation sites (N-methyl/N-ethyl adjacent to an activating group) is 1. The number of benzene rings is 2. The first-order chi connectivity index (χ1) is 14.1. The number of nitrogens with zero attached hydrogens (tertiary/aromatic N) is 3. The first-order valence-electron chi connectivity index (χ1n) is 9.19. The number of hydrogen-bond donors (Lipinski definition) is 1. The van der Waals surface area contributed by atoms with Gasteiger partial charge < -0.3 is 19.9 Å². The lowest BCUT2D eigenvalue weighted by molar-refractivity contribution is -0.135. The summed E-state index contributed by atoms with van der Waals surface area (Å²) < 4.78 is 31.9. The fourth-order valence-electron chi connectivity index (χ4n) is 2.98. The number of sulfonamides is 1. The molecule has 0 fully saturated rings. The van der Waals surface area contributed by atoms with Crippen molar-refractivity contribution in [2.24, 2.45) is 0 Å². The molecule has 0 saturated carbocycles. The van der Waals surface area contributed by atoms with E-state index in [1.54, 1.807) is 37.2 Å². The van der Waals surface area contributed by atoms with Crippen LogP contribution in [0.1, 0.15) is 0 Å². The van der Waals surface area contributed by atoms with Crippen LogP contribution in [0.3, 0.4) is 0 Å². The summed E-state index contributed by atoms with van der Waals surface area (Å²) in [5.41, 5.74) is 1.26. The number of carbonyl (C=O) groups excluding carboxylic acids is 1. The number of anilines is 2. The quantitative estimate of drug-likeness (QED) is 0.717. The highest BCUT2D eigenvalue weighted by molar-refractivity contribution is 7.89. The van der Waals surface area contributed by atoms with Crippen LogP contribution in [-0.2, 0) is 14.8 Å². The predicted molar refractivity (Wildman–Crippen MR) is 120 cm³/mol. The molecule has 1 amide bonds. The Morgan fingerprint density at radius 1 is 1.13 bits per heavy atom. The number of carbonyl (C=O) groups is 1. The molecule has 1 unspecified atom stereocenters. The molecule has 160 valence electrons. The Morgan fingerprint density at radius 2 is 1.83 bits per heavy atom. The summed E-state index contributed by atoms with van der Waals surface area (Å²) in [5, 5.41) is 3.42. The zero-order chi connectivity index (χ0) is 22.1. The monoisotopic (exact) mass is 448 g/mol. The maximum absolute atomic E-state index is 12.5. The summed E-state index contributed by atoms with van der Waals surface area (Å²) in [6.07, 6.45) is -0.713. The van der Waals surface area contributed by atoms with Gasteiger partial charge in [0.2, 0.25) is 10.0 Å². The molecule has 1 aliphatic heterocycles. The van der Waals surface area contributed by atoms with Gasteiger partial charge in [0, 0.05) is 33.9 Å². The third kappa shape index (κ3) is 4.40. The Hall–Kier alpha value is -2.69. The van der Waals surface area contributed by atoms with Crippen LogP contribution in [-0.4, -0.2) is 69.5 Å².